The van der Waals surface area contributed by atoms with E-state index >= 15 is 0 Å². The molecule has 0 spiro atoms. The van der Waals surface area contributed by atoms with Crippen LogP contribution in [0.3, 0.4) is 0 Å². The normalized spacial score (nSPS) is 14.2. The fourth-order valence-corrected chi connectivity index (χ4v) is 1.95. The fraction of sp³-hybridized carbons (Fsp3) is 0.500. The third-order valence-corrected chi connectivity index (χ3v) is 2.99. The largest absolute Gasteiger partial charge is 0.497 e. The predicted molar refractivity (Wildman–Crippen MR) is 65.4 cm³/mol. The van der Waals surface area contributed by atoms with Crippen LogP contribution in [0.5, 0.6) is 5.75 Å². The second-order valence-electron chi connectivity index (χ2n) is 4.00. The zero-order chi connectivity index (χ0) is 15.6. The van der Waals surface area contributed by atoms with Crippen molar-refractivity contribution in [3.05, 3.63) is 28.8 Å². The molecule has 20 heavy (non-hydrogen) atoms. The van der Waals surface area contributed by atoms with E-state index in [9.17, 15) is 22.0 Å². The number of hydrogen-bond acceptors (Lipinski definition) is 2. The Hall–Kier alpha value is -1.08. The van der Waals surface area contributed by atoms with Gasteiger partial charge >= 0.3 is 12.1 Å². The van der Waals surface area contributed by atoms with E-state index in [0.717, 1.165) is 6.07 Å². The Bertz CT molecular complexity index is 464. The molecule has 114 valence electrons. The van der Waals surface area contributed by atoms with E-state index in [-0.39, 0.29) is 22.9 Å². The van der Waals surface area contributed by atoms with Gasteiger partial charge in [-0.15, -0.1) is 0 Å². The van der Waals surface area contributed by atoms with Crippen molar-refractivity contribution in [1.82, 2.24) is 5.32 Å². The first-order valence-electron chi connectivity index (χ1n) is 5.66. The average Bonchev–Trinajstić information content (AvgIpc) is 2.34. The van der Waals surface area contributed by atoms with Crippen LogP contribution in [0.4, 0.5) is 22.0 Å². The minimum Gasteiger partial charge on any atom is -0.497 e. The number of rotatable bonds is 5. The van der Waals surface area contributed by atoms with Crippen molar-refractivity contribution in [1.29, 1.82) is 0 Å². The minimum absolute atomic E-state index is 0.0707. The van der Waals surface area contributed by atoms with Crippen LogP contribution in [0.1, 0.15) is 18.5 Å². The Labute approximate surface area is 117 Å². The summed E-state index contributed by atoms with van der Waals surface area (Å²) in [6.45, 7) is 1.36. The van der Waals surface area contributed by atoms with Crippen molar-refractivity contribution in [2.24, 2.45) is 0 Å². The van der Waals surface area contributed by atoms with Crippen LogP contribution in [-0.4, -0.2) is 25.8 Å². The van der Waals surface area contributed by atoms with Gasteiger partial charge in [0.15, 0.2) is 0 Å². The second-order valence-corrected chi connectivity index (χ2v) is 4.41. The number of methoxy groups -OCH3 is 1. The lowest BCUT2D eigenvalue weighted by Gasteiger charge is -2.30. The molecule has 0 radical (unpaired) electrons. The maximum absolute atomic E-state index is 13.6. The maximum atomic E-state index is 13.6. The van der Waals surface area contributed by atoms with E-state index in [0.29, 0.717) is 0 Å². The first-order chi connectivity index (χ1) is 9.15. The van der Waals surface area contributed by atoms with E-state index in [1.807, 2.05) is 0 Å². The molecule has 1 aromatic carbocycles. The summed E-state index contributed by atoms with van der Waals surface area (Å²) >= 11 is 5.77. The molecule has 0 bridgehead atoms. The van der Waals surface area contributed by atoms with Crippen LogP contribution in [0, 0.1) is 0 Å². The standard InChI is InChI=1S/C12H13ClF5NO/c1-3-19-10(11(14,15)12(16,17)18)8-5-4-7(20-2)6-9(8)13/h4-6,10,19H,3H2,1-2H3. The van der Waals surface area contributed by atoms with Crippen molar-refractivity contribution in [2.45, 2.75) is 25.1 Å². The summed E-state index contributed by atoms with van der Waals surface area (Å²) in [5, 5.41) is 1.91. The monoisotopic (exact) mass is 317 g/mol. The van der Waals surface area contributed by atoms with E-state index in [4.69, 9.17) is 16.3 Å². The molecule has 0 saturated heterocycles. The van der Waals surface area contributed by atoms with Crippen LogP contribution >= 0.6 is 11.6 Å². The van der Waals surface area contributed by atoms with Crippen molar-refractivity contribution < 1.29 is 26.7 Å². The van der Waals surface area contributed by atoms with Gasteiger partial charge in [-0.25, -0.2) is 0 Å². The summed E-state index contributed by atoms with van der Waals surface area (Å²) < 4.78 is 69.5. The maximum Gasteiger partial charge on any atom is 0.455 e. The molecule has 0 amide bonds. The molecule has 0 fully saturated rings. The van der Waals surface area contributed by atoms with Crippen molar-refractivity contribution >= 4 is 11.6 Å². The van der Waals surface area contributed by atoms with Crippen LogP contribution in [0.2, 0.25) is 5.02 Å². The number of benzene rings is 1. The van der Waals surface area contributed by atoms with Gasteiger partial charge in [-0.1, -0.05) is 24.6 Å². The molecule has 0 aromatic heterocycles. The smallest absolute Gasteiger partial charge is 0.455 e. The summed E-state index contributed by atoms with van der Waals surface area (Å²) in [4.78, 5) is 0. The summed E-state index contributed by atoms with van der Waals surface area (Å²) in [5.41, 5.74) is -0.336. The highest BCUT2D eigenvalue weighted by Crippen LogP contribution is 2.46. The van der Waals surface area contributed by atoms with Gasteiger partial charge in [0.05, 0.1) is 7.11 Å². The third kappa shape index (κ3) is 3.32. The number of alkyl halides is 5. The van der Waals surface area contributed by atoms with Crippen LogP contribution in [0.25, 0.3) is 0 Å². The molecule has 0 aliphatic heterocycles. The molecule has 0 heterocycles. The van der Waals surface area contributed by atoms with E-state index in [1.165, 1.54) is 26.2 Å². The molecule has 0 aliphatic carbocycles. The average molecular weight is 318 g/mol. The Morgan fingerprint density at radius 3 is 2.25 bits per heavy atom. The van der Waals surface area contributed by atoms with E-state index in [2.05, 4.69) is 5.32 Å². The van der Waals surface area contributed by atoms with Crippen molar-refractivity contribution in [3.63, 3.8) is 0 Å². The van der Waals surface area contributed by atoms with Crippen molar-refractivity contribution in [3.8, 4) is 5.75 Å². The third-order valence-electron chi connectivity index (χ3n) is 2.67. The zero-order valence-corrected chi connectivity index (χ0v) is 11.4. The number of nitrogens with one attached hydrogen (secondary N) is 1. The molecule has 1 rings (SSSR count). The Balaban J connectivity index is 3.27. The second kappa shape index (κ2) is 6.13. The lowest BCUT2D eigenvalue weighted by molar-refractivity contribution is -0.294. The van der Waals surface area contributed by atoms with E-state index in [1.54, 1.807) is 0 Å². The van der Waals surface area contributed by atoms with Gasteiger partial charge < -0.3 is 10.1 Å². The Kier molecular flexibility index (Phi) is 5.21. The summed E-state index contributed by atoms with van der Waals surface area (Å²) in [6.07, 6.45) is -5.68. The summed E-state index contributed by atoms with van der Waals surface area (Å²) in [6, 6.07) is 1.30. The zero-order valence-electron chi connectivity index (χ0n) is 10.7. The van der Waals surface area contributed by atoms with E-state index < -0.39 is 18.1 Å². The van der Waals surface area contributed by atoms with Gasteiger partial charge in [-0.2, -0.15) is 22.0 Å². The van der Waals surface area contributed by atoms with Crippen LogP contribution in [0.15, 0.2) is 18.2 Å². The molecular weight excluding hydrogens is 305 g/mol. The highest BCUT2D eigenvalue weighted by Gasteiger charge is 2.62. The molecule has 0 saturated carbocycles. The lowest BCUT2D eigenvalue weighted by atomic mass is 9.99. The predicted octanol–water partition coefficient (Wildman–Crippen LogP) is 4.20. The van der Waals surface area contributed by atoms with Gasteiger partial charge in [0.2, 0.25) is 0 Å². The van der Waals surface area contributed by atoms with Gasteiger partial charge in [-0.05, 0) is 24.2 Å². The van der Waals surface area contributed by atoms with Gasteiger partial charge in [-0.3, -0.25) is 0 Å². The number of halogens is 6. The molecular formula is C12H13ClF5NO. The topological polar surface area (TPSA) is 21.3 Å². The fourth-order valence-electron chi connectivity index (χ4n) is 1.67. The Morgan fingerprint density at radius 1 is 1.25 bits per heavy atom. The SMILES string of the molecule is CCNC(c1ccc(OC)cc1Cl)C(F)(F)C(F)(F)F. The summed E-state index contributed by atoms with van der Waals surface area (Å²) in [5.74, 6) is -4.68. The number of ether oxygens (including phenoxy) is 1. The van der Waals surface area contributed by atoms with Crippen LogP contribution < -0.4 is 10.1 Å². The first-order valence-corrected chi connectivity index (χ1v) is 6.04. The summed E-state index contributed by atoms with van der Waals surface area (Å²) in [7, 11) is 1.33. The molecule has 2 nitrogen and oxygen atoms in total. The van der Waals surface area contributed by atoms with Gasteiger partial charge in [0.1, 0.15) is 11.8 Å². The lowest BCUT2D eigenvalue weighted by Crippen LogP contribution is -2.48. The van der Waals surface area contributed by atoms with Crippen LogP contribution in [-0.2, 0) is 0 Å². The van der Waals surface area contributed by atoms with Gasteiger partial charge in [0, 0.05) is 5.02 Å². The van der Waals surface area contributed by atoms with Gasteiger partial charge in [0.25, 0.3) is 0 Å². The molecule has 8 heteroatoms. The first kappa shape index (κ1) is 17.0. The highest BCUT2D eigenvalue weighted by atomic mass is 35.5. The highest BCUT2D eigenvalue weighted by molar-refractivity contribution is 6.31. The molecule has 1 aromatic rings. The molecule has 1 unspecified atom stereocenters. The molecule has 0 aliphatic rings. The minimum atomic E-state index is -5.68. The Morgan fingerprint density at radius 2 is 1.85 bits per heavy atom. The van der Waals surface area contributed by atoms with Crippen molar-refractivity contribution in [2.75, 3.05) is 13.7 Å². The molecule has 1 N–H and O–H groups in total. The molecule has 1 atom stereocenters. The quantitative estimate of drug-likeness (QED) is 0.822. The number of hydrogen-bond donors (Lipinski definition) is 1.